The standard InChI is InChI=1S/C26H34ClNO2/c1-25-13-11-23(29)28(3)22(25)9-8-19-20(25)10-12-26(2)21(19)15-17(24(26)30)14-16-4-6-18(27)7-5-16/h4-7,11,13,17,19-22,24,30H,8-10,12,14-15H2,1-3H3/t17-,19+,20-,21-,22+,24-,25+,26-/m0/s1. The number of hydrogen-bond donors (Lipinski definition) is 1. The number of likely N-dealkylation sites (N-methyl/N-ethyl adjacent to an activating group) is 1. The molecule has 4 aliphatic rings. The van der Waals surface area contributed by atoms with Crippen molar-refractivity contribution in [1.29, 1.82) is 0 Å². The monoisotopic (exact) mass is 427 g/mol. The maximum Gasteiger partial charge on any atom is 0.246 e. The van der Waals surface area contributed by atoms with E-state index in [-0.39, 0.29) is 22.8 Å². The van der Waals surface area contributed by atoms with Gasteiger partial charge in [-0.2, -0.15) is 0 Å². The van der Waals surface area contributed by atoms with Gasteiger partial charge in [0.1, 0.15) is 0 Å². The summed E-state index contributed by atoms with van der Waals surface area (Å²) < 4.78 is 0. The van der Waals surface area contributed by atoms with Gasteiger partial charge in [-0.15, -0.1) is 0 Å². The van der Waals surface area contributed by atoms with Gasteiger partial charge in [0, 0.05) is 23.5 Å². The van der Waals surface area contributed by atoms with Gasteiger partial charge in [-0.05, 0) is 91.4 Å². The summed E-state index contributed by atoms with van der Waals surface area (Å²) >= 11 is 6.06. The number of aliphatic hydroxyl groups is 1. The van der Waals surface area contributed by atoms with E-state index in [1.54, 1.807) is 6.08 Å². The number of benzene rings is 1. The summed E-state index contributed by atoms with van der Waals surface area (Å²) in [6.07, 6.45) is 10.3. The van der Waals surface area contributed by atoms with Crippen LogP contribution in [0.5, 0.6) is 0 Å². The Morgan fingerprint density at radius 2 is 1.87 bits per heavy atom. The number of nitrogens with zero attached hydrogens (tertiary/aromatic N) is 1. The zero-order valence-corrected chi connectivity index (χ0v) is 19.1. The van der Waals surface area contributed by atoms with E-state index in [0.29, 0.717) is 29.7 Å². The van der Waals surface area contributed by atoms with Crippen molar-refractivity contribution >= 4 is 17.5 Å². The summed E-state index contributed by atoms with van der Waals surface area (Å²) in [4.78, 5) is 14.2. The number of amides is 1. The van der Waals surface area contributed by atoms with E-state index in [4.69, 9.17) is 11.6 Å². The van der Waals surface area contributed by atoms with Crippen molar-refractivity contribution < 1.29 is 9.90 Å². The molecule has 1 aromatic rings. The van der Waals surface area contributed by atoms with Gasteiger partial charge in [-0.25, -0.2) is 0 Å². The van der Waals surface area contributed by atoms with E-state index in [9.17, 15) is 9.90 Å². The first-order chi connectivity index (χ1) is 14.2. The number of fused-ring (bicyclic) bond motifs is 5. The first-order valence-corrected chi connectivity index (χ1v) is 12.0. The van der Waals surface area contributed by atoms with Gasteiger partial charge in [0.05, 0.1) is 6.10 Å². The topological polar surface area (TPSA) is 40.5 Å². The third-order valence-electron chi connectivity index (χ3n) is 9.66. The Balaban J connectivity index is 1.41. The Morgan fingerprint density at radius 1 is 1.13 bits per heavy atom. The second-order valence-electron chi connectivity index (χ2n) is 10.9. The molecule has 4 heteroatoms. The SMILES string of the molecule is CN1C(=O)C=C[C@]2(C)[C@H]3CC[C@]4(C)[C@@H](O)[C@@H](Cc5ccc(Cl)cc5)C[C@H]4[C@@H]3CC[C@@H]12. The van der Waals surface area contributed by atoms with E-state index < -0.39 is 0 Å². The van der Waals surface area contributed by atoms with Crippen LogP contribution in [0.2, 0.25) is 5.02 Å². The molecule has 0 unspecified atom stereocenters. The molecule has 3 fully saturated rings. The van der Waals surface area contributed by atoms with E-state index in [0.717, 1.165) is 37.1 Å². The molecule has 5 rings (SSSR count). The average Bonchev–Trinajstić information content (AvgIpc) is 2.98. The van der Waals surface area contributed by atoms with Crippen molar-refractivity contribution in [2.24, 2.45) is 34.5 Å². The second kappa shape index (κ2) is 7.10. The smallest absolute Gasteiger partial charge is 0.246 e. The molecule has 30 heavy (non-hydrogen) atoms. The van der Waals surface area contributed by atoms with Crippen molar-refractivity contribution in [2.45, 2.75) is 64.5 Å². The molecule has 1 aliphatic heterocycles. The van der Waals surface area contributed by atoms with Crippen LogP contribution in [0.15, 0.2) is 36.4 Å². The van der Waals surface area contributed by atoms with Crippen LogP contribution >= 0.6 is 11.6 Å². The Morgan fingerprint density at radius 3 is 2.60 bits per heavy atom. The fourth-order valence-electron chi connectivity index (χ4n) is 8.01. The van der Waals surface area contributed by atoms with Gasteiger partial charge < -0.3 is 10.0 Å². The molecule has 0 spiro atoms. The van der Waals surface area contributed by atoms with Crippen LogP contribution in [0.25, 0.3) is 0 Å². The van der Waals surface area contributed by atoms with Crippen LogP contribution in [0.3, 0.4) is 0 Å². The molecule has 1 N–H and O–H groups in total. The van der Waals surface area contributed by atoms with Crippen molar-refractivity contribution in [3.8, 4) is 0 Å². The highest BCUT2D eigenvalue weighted by molar-refractivity contribution is 6.30. The highest BCUT2D eigenvalue weighted by Gasteiger charge is 2.62. The minimum Gasteiger partial charge on any atom is -0.392 e. The van der Waals surface area contributed by atoms with Crippen molar-refractivity contribution in [3.05, 3.63) is 47.0 Å². The molecule has 8 atom stereocenters. The molecule has 0 saturated heterocycles. The number of carbonyl (C=O) groups is 1. The Kier molecular flexibility index (Phi) is 4.87. The molecule has 0 bridgehead atoms. The van der Waals surface area contributed by atoms with Crippen LogP contribution in [-0.4, -0.2) is 35.1 Å². The molecular weight excluding hydrogens is 394 g/mol. The van der Waals surface area contributed by atoms with Crippen molar-refractivity contribution in [2.75, 3.05) is 7.05 Å². The molecule has 3 aliphatic carbocycles. The summed E-state index contributed by atoms with van der Waals surface area (Å²) in [5.74, 6) is 2.27. The van der Waals surface area contributed by atoms with Gasteiger partial charge >= 0.3 is 0 Å². The maximum absolute atomic E-state index is 12.3. The van der Waals surface area contributed by atoms with E-state index in [2.05, 4.69) is 32.1 Å². The lowest BCUT2D eigenvalue weighted by Crippen LogP contribution is -2.59. The predicted octanol–water partition coefficient (Wildman–Crippen LogP) is 5.11. The highest BCUT2D eigenvalue weighted by atomic mass is 35.5. The molecule has 1 heterocycles. The molecule has 0 aromatic heterocycles. The first-order valence-electron chi connectivity index (χ1n) is 11.6. The number of hydrogen-bond acceptors (Lipinski definition) is 2. The normalized spacial score (nSPS) is 45.1. The molecule has 0 radical (unpaired) electrons. The fourth-order valence-corrected chi connectivity index (χ4v) is 8.14. The first kappa shape index (κ1) is 20.6. The van der Waals surface area contributed by atoms with Gasteiger partial charge in [-0.3, -0.25) is 4.79 Å². The summed E-state index contributed by atoms with van der Waals surface area (Å²) in [6.45, 7) is 4.73. The average molecular weight is 428 g/mol. The lowest BCUT2D eigenvalue weighted by atomic mass is 9.48. The molecule has 3 saturated carbocycles. The van der Waals surface area contributed by atoms with Crippen molar-refractivity contribution in [3.63, 3.8) is 0 Å². The fraction of sp³-hybridized carbons (Fsp3) is 0.654. The Bertz CT molecular complexity index is 866. The zero-order valence-electron chi connectivity index (χ0n) is 18.4. The third kappa shape index (κ3) is 2.92. The zero-order chi connectivity index (χ0) is 21.3. The minimum atomic E-state index is -0.240. The van der Waals surface area contributed by atoms with Gasteiger partial charge in [-0.1, -0.05) is 43.7 Å². The predicted molar refractivity (Wildman–Crippen MR) is 120 cm³/mol. The summed E-state index contributed by atoms with van der Waals surface area (Å²) in [6, 6.07) is 8.44. The number of carbonyl (C=O) groups excluding carboxylic acids is 1. The maximum atomic E-state index is 12.3. The van der Waals surface area contributed by atoms with E-state index in [1.165, 1.54) is 12.0 Å². The quantitative estimate of drug-likeness (QED) is 0.712. The second-order valence-corrected chi connectivity index (χ2v) is 11.4. The molecule has 1 amide bonds. The largest absolute Gasteiger partial charge is 0.392 e. The van der Waals surface area contributed by atoms with Crippen LogP contribution < -0.4 is 0 Å². The van der Waals surface area contributed by atoms with Crippen molar-refractivity contribution in [1.82, 2.24) is 4.90 Å². The lowest BCUT2D eigenvalue weighted by Gasteiger charge is -2.60. The van der Waals surface area contributed by atoms with Crippen LogP contribution in [0.1, 0.15) is 51.5 Å². The van der Waals surface area contributed by atoms with Crippen LogP contribution in [0.4, 0.5) is 0 Å². The van der Waals surface area contributed by atoms with Gasteiger partial charge in [0.2, 0.25) is 5.91 Å². The molecular formula is C26H34ClNO2. The molecule has 3 nitrogen and oxygen atoms in total. The molecule has 162 valence electrons. The van der Waals surface area contributed by atoms with E-state index in [1.807, 2.05) is 24.1 Å². The van der Waals surface area contributed by atoms with Crippen LogP contribution in [0, 0.1) is 34.5 Å². The molecule has 1 aromatic carbocycles. The van der Waals surface area contributed by atoms with Gasteiger partial charge in [0.25, 0.3) is 0 Å². The van der Waals surface area contributed by atoms with E-state index >= 15 is 0 Å². The number of rotatable bonds is 2. The number of halogens is 1. The Labute approximate surface area is 185 Å². The summed E-state index contributed by atoms with van der Waals surface area (Å²) in [5, 5.41) is 12.2. The van der Waals surface area contributed by atoms with Gasteiger partial charge in [0.15, 0.2) is 0 Å². The van der Waals surface area contributed by atoms with Crippen LogP contribution in [-0.2, 0) is 11.2 Å². The minimum absolute atomic E-state index is 0.0154. The highest BCUT2D eigenvalue weighted by Crippen LogP contribution is 2.65. The third-order valence-corrected chi connectivity index (χ3v) is 9.91. The Hall–Kier alpha value is -1.32. The number of aliphatic hydroxyl groups excluding tert-OH is 1. The lowest BCUT2D eigenvalue weighted by molar-refractivity contribution is -0.140. The summed E-state index contributed by atoms with van der Waals surface area (Å²) in [7, 11) is 1.98. The summed E-state index contributed by atoms with van der Waals surface area (Å²) in [5.41, 5.74) is 1.35.